The molecule has 5 aliphatic rings. The van der Waals surface area contributed by atoms with Gasteiger partial charge >= 0.3 is 0 Å². The maximum Gasteiger partial charge on any atom is 0.227 e. The maximum absolute atomic E-state index is 13.1. The second kappa shape index (κ2) is 6.26. The van der Waals surface area contributed by atoms with E-state index in [2.05, 4.69) is 9.80 Å². The summed E-state index contributed by atoms with van der Waals surface area (Å²) in [5.74, 6) is 2.38. The van der Waals surface area contributed by atoms with Gasteiger partial charge in [0.1, 0.15) is 0 Å². The Balaban J connectivity index is 1.21. The van der Waals surface area contributed by atoms with Gasteiger partial charge in [-0.15, -0.1) is 0 Å². The summed E-state index contributed by atoms with van der Waals surface area (Å²) in [6.07, 6.45) is 8.12. The number of rotatable bonds is 2. The number of hydrogen-bond acceptors (Lipinski definition) is 3. The van der Waals surface area contributed by atoms with Gasteiger partial charge in [0.15, 0.2) is 0 Å². The highest BCUT2D eigenvalue weighted by Crippen LogP contribution is 2.41. The second-order valence-corrected chi connectivity index (χ2v) is 9.12. The molecule has 5 nitrogen and oxygen atoms in total. The van der Waals surface area contributed by atoms with Crippen LogP contribution < -0.4 is 0 Å². The highest BCUT2D eigenvalue weighted by atomic mass is 16.2. The summed E-state index contributed by atoms with van der Waals surface area (Å²) >= 11 is 0. The zero-order valence-corrected chi connectivity index (χ0v) is 15.2. The van der Waals surface area contributed by atoms with Crippen LogP contribution in [0.25, 0.3) is 0 Å². The van der Waals surface area contributed by atoms with Crippen LogP contribution in [0.1, 0.15) is 44.9 Å². The molecule has 5 fully saturated rings. The number of likely N-dealkylation sites (tertiary alicyclic amines) is 2. The minimum Gasteiger partial charge on any atom is -0.342 e. The summed E-state index contributed by atoms with van der Waals surface area (Å²) in [6, 6.07) is 0.732. The zero-order chi connectivity index (χ0) is 17.0. The first-order chi connectivity index (χ1) is 12.2. The highest BCUT2D eigenvalue weighted by molar-refractivity contribution is 5.83. The van der Waals surface area contributed by atoms with E-state index >= 15 is 0 Å². The van der Waals surface area contributed by atoms with Crippen molar-refractivity contribution in [1.29, 1.82) is 0 Å². The lowest BCUT2D eigenvalue weighted by molar-refractivity contribution is -0.141. The van der Waals surface area contributed by atoms with Gasteiger partial charge in [0.05, 0.1) is 5.92 Å². The first kappa shape index (κ1) is 16.1. The average Bonchev–Trinajstić information content (AvgIpc) is 3.32. The van der Waals surface area contributed by atoms with Gasteiger partial charge in [-0.05, 0) is 56.9 Å². The van der Waals surface area contributed by atoms with Gasteiger partial charge in [0, 0.05) is 44.7 Å². The molecule has 0 aromatic carbocycles. The largest absolute Gasteiger partial charge is 0.342 e. The van der Waals surface area contributed by atoms with Gasteiger partial charge in [-0.3, -0.25) is 14.5 Å². The van der Waals surface area contributed by atoms with E-state index < -0.39 is 0 Å². The van der Waals surface area contributed by atoms with E-state index in [1.54, 1.807) is 0 Å². The van der Waals surface area contributed by atoms with Crippen LogP contribution in [0.5, 0.6) is 0 Å². The smallest absolute Gasteiger partial charge is 0.227 e. The second-order valence-electron chi connectivity index (χ2n) is 9.12. The molecule has 138 valence electrons. The molecule has 0 N–H and O–H groups in total. The minimum atomic E-state index is 0.0535. The van der Waals surface area contributed by atoms with E-state index in [1.165, 1.54) is 32.4 Å². The summed E-state index contributed by atoms with van der Waals surface area (Å²) in [7, 11) is 0. The van der Waals surface area contributed by atoms with Crippen molar-refractivity contribution < 1.29 is 9.59 Å². The van der Waals surface area contributed by atoms with Gasteiger partial charge in [0.25, 0.3) is 0 Å². The summed E-state index contributed by atoms with van der Waals surface area (Å²) in [5.41, 5.74) is 0. The zero-order valence-electron chi connectivity index (χ0n) is 15.2. The molecule has 1 saturated carbocycles. The van der Waals surface area contributed by atoms with Gasteiger partial charge in [0.2, 0.25) is 11.8 Å². The number of carbonyl (C=O) groups is 2. The fourth-order valence-electron chi connectivity index (χ4n) is 5.96. The molecule has 5 rings (SSSR count). The van der Waals surface area contributed by atoms with Crippen LogP contribution in [0.4, 0.5) is 0 Å². The van der Waals surface area contributed by atoms with Crippen molar-refractivity contribution in [3.63, 3.8) is 0 Å². The Morgan fingerprint density at radius 1 is 0.680 bits per heavy atom. The van der Waals surface area contributed by atoms with E-state index in [0.717, 1.165) is 51.4 Å². The van der Waals surface area contributed by atoms with Crippen LogP contribution in [0.3, 0.4) is 0 Å². The summed E-state index contributed by atoms with van der Waals surface area (Å²) in [5, 5.41) is 0. The molecule has 0 radical (unpaired) electrons. The van der Waals surface area contributed by atoms with Crippen LogP contribution in [0, 0.1) is 23.7 Å². The quantitative estimate of drug-likeness (QED) is 0.763. The highest BCUT2D eigenvalue weighted by Gasteiger charge is 2.49. The molecule has 25 heavy (non-hydrogen) atoms. The molecule has 4 saturated heterocycles. The average molecular weight is 345 g/mol. The van der Waals surface area contributed by atoms with Crippen LogP contribution in [0.2, 0.25) is 0 Å². The van der Waals surface area contributed by atoms with Crippen molar-refractivity contribution >= 4 is 11.8 Å². The molecule has 0 unspecified atom stereocenters. The molecule has 4 aliphatic heterocycles. The molecular formula is C20H31N3O2. The monoisotopic (exact) mass is 345 g/mol. The third-order valence-electron chi connectivity index (χ3n) is 7.44. The topological polar surface area (TPSA) is 43.9 Å². The van der Waals surface area contributed by atoms with Crippen molar-refractivity contribution in [1.82, 2.24) is 14.7 Å². The molecule has 2 amide bonds. The van der Waals surface area contributed by atoms with E-state index in [4.69, 9.17) is 0 Å². The normalized spacial score (nSPS) is 38.6. The maximum atomic E-state index is 13.1. The van der Waals surface area contributed by atoms with E-state index in [1.807, 2.05) is 4.90 Å². The molecule has 0 aromatic heterocycles. The Kier molecular flexibility index (Phi) is 4.03. The molecular weight excluding hydrogens is 314 g/mol. The number of hydrogen-bond donors (Lipinski definition) is 0. The predicted octanol–water partition coefficient (Wildman–Crippen LogP) is 1.58. The predicted molar refractivity (Wildman–Crippen MR) is 94.8 cm³/mol. The molecule has 0 spiro atoms. The first-order valence-electron chi connectivity index (χ1n) is 10.5. The van der Waals surface area contributed by atoms with Gasteiger partial charge in [-0.1, -0.05) is 6.42 Å². The third-order valence-corrected chi connectivity index (χ3v) is 7.44. The van der Waals surface area contributed by atoms with Gasteiger partial charge < -0.3 is 9.80 Å². The van der Waals surface area contributed by atoms with Crippen LogP contribution in [-0.2, 0) is 9.59 Å². The minimum absolute atomic E-state index is 0.0535. The van der Waals surface area contributed by atoms with Crippen molar-refractivity contribution in [2.24, 2.45) is 23.7 Å². The number of piperidine rings is 2. The Labute approximate surface area is 150 Å². The number of fused-ring (bicyclic) bond motifs is 3. The Bertz CT molecular complexity index is 561. The lowest BCUT2D eigenvalue weighted by Gasteiger charge is -2.36. The molecule has 4 atom stereocenters. The van der Waals surface area contributed by atoms with E-state index in [9.17, 15) is 9.59 Å². The van der Waals surface area contributed by atoms with E-state index in [0.29, 0.717) is 30.2 Å². The molecule has 0 bridgehead atoms. The summed E-state index contributed by atoms with van der Waals surface area (Å²) in [6.45, 7) is 5.95. The fourth-order valence-corrected chi connectivity index (χ4v) is 5.96. The Hall–Kier alpha value is -1.10. The first-order valence-corrected chi connectivity index (χ1v) is 10.5. The Morgan fingerprint density at radius 3 is 2.36 bits per heavy atom. The van der Waals surface area contributed by atoms with Crippen molar-refractivity contribution in [3.05, 3.63) is 0 Å². The standard InChI is InChI=1S/C20H31N3O2/c24-19(14-6-7-14)22-9-3-4-15(10-22)20(25)23-12-16-11-21-8-2-1-5-18(21)17(16)13-23/h14-18H,1-13H2/t15-,16+,17-,18-/m1/s1. The lowest BCUT2D eigenvalue weighted by atomic mass is 9.90. The summed E-state index contributed by atoms with van der Waals surface area (Å²) < 4.78 is 0. The Morgan fingerprint density at radius 2 is 1.52 bits per heavy atom. The van der Waals surface area contributed by atoms with Crippen molar-refractivity contribution in [2.75, 3.05) is 39.3 Å². The lowest BCUT2D eigenvalue weighted by Crippen LogP contribution is -2.47. The van der Waals surface area contributed by atoms with Crippen LogP contribution in [-0.4, -0.2) is 71.8 Å². The number of carbonyl (C=O) groups excluding carboxylic acids is 2. The summed E-state index contributed by atoms with van der Waals surface area (Å²) in [4.78, 5) is 32.3. The number of amides is 2. The fraction of sp³-hybridized carbons (Fsp3) is 0.900. The third kappa shape index (κ3) is 2.88. The van der Waals surface area contributed by atoms with E-state index in [-0.39, 0.29) is 11.8 Å². The van der Waals surface area contributed by atoms with Crippen LogP contribution >= 0.6 is 0 Å². The number of nitrogens with zero attached hydrogens (tertiary/aromatic N) is 3. The molecule has 0 aromatic rings. The van der Waals surface area contributed by atoms with Gasteiger partial charge in [-0.25, -0.2) is 0 Å². The van der Waals surface area contributed by atoms with Crippen LogP contribution in [0.15, 0.2) is 0 Å². The van der Waals surface area contributed by atoms with Crippen molar-refractivity contribution in [2.45, 2.75) is 51.0 Å². The van der Waals surface area contributed by atoms with Gasteiger partial charge in [-0.2, -0.15) is 0 Å². The van der Waals surface area contributed by atoms with Crippen molar-refractivity contribution in [3.8, 4) is 0 Å². The molecule has 4 heterocycles. The molecule has 1 aliphatic carbocycles. The molecule has 5 heteroatoms. The SMILES string of the molecule is O=C(C1CC1)N1CCC[C@@H](C(=O)N2C[C@@H]3CN4CCCC[C@@H]4[C@@H]3C2)C1.